The Bertz CT molecular complexity index is 496. The quantitative estimate of drug-likeness (QED) is 0.885. The summed E-state index contributed by atoms with van der Waals surface area (Å²) >= 11 is 9.67. The monoisotopic (exact) mass is 309 g/mol. The Morgan fingerprint density at radius 1 is 1.06 bits per heavy atom. The summed E-state index contributed by atoms with van der Waals surface area (Å²) in [4.78, 5) is 0. The summed E-state index contributed by atoms with van der Waals surface area (Å²) in [5, 5.41) is 4.08. The van der Waals surface area contributed by atoms with Gasteiger partial charge in [-0.1, -0.05) is 57.9 Å². The van der Waals surface area contributed by atoms with Crippen molar-refractivity contribution in [2.45, 2.75) is 6.04 Å². The Morgan fingerprint density at radius 3 is 2.29 bits per heavy atom. The fourth-order valence-corrected chi connectivity index (χ4v) is 2.38. The van der Waals surface area contributed by atoms with Gasteiger partial charge in [0.1, 0.15) is 0 Å². The zero-order valence-electron chi connectivity index (χ0n) is 9.45. The van der Waals surface area contributed by atoms with E-state index in [-0.39, 0.29) is 6.04 Å². The molecule has 2 aromatic carbocycles. The molecule has 1 nitrogen and oxygen atoms in total. The first-order valence-electron chi connectivity index (χ1n) is 5.39. The number of hydrogen-bond donors (Lipinski definition) is 1. The molecule has 2 rings (SSSR count). The second-order valence-corrected chi connectivity index (χ2v) is 5.12. The van der Waals surface area contributed by atoms with Crippen molar-refractivity contribution in [3.63, 3.8) is 0 Å². The van der Waals surface area contributed by atoms with Crippen LogP contribution in [0.3, 0.4) is 0 Å². The van der Waals surface area contributed by atoms with E-state index in [0.717, 1.165) is 15.1 Å². The zero-order valence-corrected chi connectivity index (χ0v) is 11.8. The Morgan fingerprint density at radius 2 is 1.71 bits per heavy atom. The van der Waals surface area contributed by atoms with E-state index in [1.165, 1.54) is 5.56 Å². The van der Waals surface area contributed by atoms with Crippen molar-refractivity contribution in [1.82, 2.24) is 5.32 Å². The molecule has 0 aliphatic heterocycles. The summed E-state index contributed by atoms with van der Waals surface area (Å²) in [6.07, 6.45) is 0. The first kappa shape index (κ1) is 12.6. The van der Waals surface area contributed by atoms with Crippen molar-refractivity contribution in [2.24, 2.45) is 0 Å². The number of nitrogens with one attached hydrogen (secondary N) is 1. The van der Waals surface area contributed by atoms with Crippen LogP contribution in [0.2, 0.25) is 5.02 Å². The average Bonchev–Trinajstić information content (AvgIpc) is 2.35. The maximum atomic E-state index is 6.23. The van der Waals surface area contributed by atoms with Gasteiger partial charge < -0.3 is 5.32 Å². The molecule has 88 valence electrons. The second-order valence-electron chi connectivity index (χ2n) is 3.79. The highest BCUT2D eigenvalue weighted by Crippen LogP contribution is 2.28. The molecule has 0 spiro atoms. The Hall–Kier alpha value is -0.830. The third kappa shape index (κ3) is 2.89. The predicted octanol–water partition coefficient (Wildman–Crippen LogP) is 4.41. The number of rotatable bonds is 3. The Kier molecular flexibility index (Phi) is 4.21. The van der Waals surface area contributed by atoms with E-state index in [9.17, 15) is 0 Å². The minimum atomic E-state index is 0.122. The lowest BCUT2D eigenvalue weighted by Gasteiger charge is -2.18. The van der Waals surface area contributed by atoms with Gasteiger partial charge in [0.25, 0.3) is 0 Å². The molecular formula is C14H13BrClN. The van der Waals surface area contributed by atoms with Gasteiger partial charge in [-0.05, 0) is 36.4 Å². The molecule has 1 atom stereocenters. The van der Waals surface area contributed by atoms with E-state index >= 15 is 0 Å². The second kappa shape index (κ2) is 5.67. The SMILES string of the molecule is CNC(c1ccc(Br)cc1)c1ccccc1Cl. The molecule has 0 heterocycles. The Balaban J connectivity index is 2.40. The molecule has 0 radical (unpaired) electrons. The molecule has 1 N–H and O–H groups in total. The van der Waals surface area contributed by atoms with Crippen molar-refractivity contribution in [3.05, 3.63) is 69.2 Å². The van der Waals surface area contributed by atoms with Crippen LogP contribution in [0, 0.1) is 0 Å². The molecule has 0 fully saturated rings. The first-order chi connectivity index (χ1) is 8.22. The van der Waals surface area contributed by atoms with Gasteiger partial charge in [0, 0.05) is 9.50 Å². The van der Waals surface area contributed by atoms with E-state index in [0.29, 0.717) is 0 Å². The lowest BCUT2D eigenvalue weighted by atomic mass is 9.99. The van der Waals surface area contributed by atoms with Gasteiger partial charge in [0.05, 0.1) is 6.04 Å². The third-order valence-electron chi connectivity index (χ3n) is 2.71. The number of halogens is 2. The summed E-state index contributed by atoms with van der Waals surface area (Å²) in [7, 11) is 1.94. The first-order valence-corrected chi connectivity index (χ1v) is 6.56. The standard InChI is InChI=1S/C14H13BrClN/c1-17-14(10-6-8-11(15)9-7-10)12-4-2-3-5-13(12)16/h2-9,14,17H,1H3. The highest BCUT2D eigenvalue weighted by Gasteiger charge is 2.14. The van der Waals surface area contributed by atoms with Gasteiger partial charge in [-0.15, -0.1) is 0 Å². The van der Waals surface area contributed by atoms with Crippen molar-refractivity contribution >= 4 is 27.5 Å². The van der Waals surface area contributed by atoms with Gasteiger partial charge in [-0.3, -0.25) is 0 Å². The van der Waals surface area contributed by atoms with Crippen LogP contribution in [0.15, 0.2) is 53.0 Å². The third-order valence-corrected chi connectivity index (χ3v) is 3.58. The normalized spacial score (nSPS) is 12.4. The smallest absolute Gasteiger partial charge is 0.0589 e. The minimum Gasteiger partial charge on any atom is -0.309 e. The van der Waals surface area contributed by atoms with E-state index in [4.69, 9.17) is 11.6 Å². The molecule has 0 aromatic heterocycles. The largest absolute Gasteiger partial charge is 0.309 e. The van der Waals surface area contributed by atoms with Crippen LogP contribution in [-0.4, -0.2) is 7.05 Å². The lowest BCUT2D eigenvalue weighted by molar-refractivity contribution is 0.692. The van der Waals surface area contributed by atoms with Crippen molar-refractivity contribution in [1.29, 1.82) is 0 Å². The minimum absolute atomic E-state index is 0.122. The Labute approximate surface area is 115 Å². The van der Waals surface area contributed by atoms with Crippen LogP contribution in [0.1, 0.15) is 17.2 Å². The van der Waals surface area contributed by atoms with Gasteiger partial charge in [0.15, 0.2) is 0 Å². The van der Waals surface area contributed by atoms with Crippen molar-refractivity contribution in [3.8, 4) is 0 Å². The lowest BCUT2D eigenvalue weighted by Crippen LogP contribution is -2.17. The summed E-state index contributed by atoms with van der Waals surface area (Å²) in [5.74, 6) is 0. The van der Waals surface area contributed by atoms with Gasteiger partial charge in [-0.2, -0.15) is 0 Å². The molecule has 0 saturated carbocycles. The van der Waals surface area contributed by atoms with E-state index in [1.54, 1.807) is 0 Å². The van der Waals surface area contributed by atoms with Crippen molar-refractivity contribution in [2.75, 3.05) is 7.05 Å². The predicted molar refractivity (Wildman–Crippen MR) is 76.5 cm³/mol. The molecule has 3 heteroatoms. The molecule has 2 aromatic rings. The van der Waals surface area contributed by atoms with Gasteiger partial charge >= 0.3 is 0 Å². The molecule has 0 saturated heterocycles. The number of hydrogen-bond acceptors (Lipinski definition) is 1. The van der Waals surface area contributed by atoms with Crippen LogP contribution in [0.4, 0.5) is 0 Å². The molecular weight excluding hydrogens is 298 g/mol. The summed E-state index contributed by atoms with van der Waals surface area (Å²) in [5.41, 5.74) is 2.29. The highest BCUT2D eigenvalue weighted by molar-refractivity contribution is 9.10. The summed E-state index contributed by atoms with van der Waals surface area (Å²) in [6, 6.07) is 16.3. The van der Waals surface area contributed by atoms with Gasteiger partial charge in [0.2, 0.25) is 0 Å². The van der Waals surface area contributed by atoms with Crippen LogP contribution < -0.4 is 5.32 Å². The average molecular weight is 311 g/mol. The van der Waals surface area contributed by atoms with Crippen LogP contribution >= 0.6 is 27.5 Å². The molecule has 0 amide bonds. The molecule has 17 heavy (non-hydrogen) atoms. The molecule has 0 aliphatic carbocycles. The fourth-order valence-electron chi connectivity index (χ4n) is 1.87. The zero-order chi connectivity index (χ0) is 12.3. The highest BCUT2D eigenvalue weighted by atomic mass is 79.9. The maximum Gasteiger partial charge on any atom is 0.0589 e. The van der Waals surface area contributed by atoms with E-state index < -0.39 is 0 Å². The topological polar surface area (TPSA) is 12.0 Å². The van der Waals surface area contributed by atoms with Gasteiger partial charge in [-0.25, -0.2) is 0 Å². The number of benzene rings is 2. The molecule has 1 unspecified atom stereocenters. The van der Waals surface area contributed by atoms with E-state index in [2.05, 4.69) is 33.4 Å². The molecule has 0 aliphatic rings. The molecule has 0 bridgehead atoms. The van der Waals surface area contributed by atoms with E-state index in [1.807, 2.05) is 43.4 Å². The maximum absolute atomic E-state index is 6.23. The van der Waals surface area contributed by atoms with Crippen LogP contribution in [0.25, 0.3) is 0 Å². The van der Waals surface area contributed by atoms with Crippen molar-refractivity contribution < 1.29 is 0 Å². The van der Waals surface area contributed by atoms with Crippen LogP contribution in [0.5, 0.6) is 0 Å². The fraction of sp³-hybridized carbons (Fsp3) is 0.143. The summed E-state index contributed by atoms with van der Waals surface area (Å²) < 4.78 is 1.08. The summed E-state index contributed by atoms with van der Waals surface area (Å²) in [6.45, 7) is 0. The van der Waals surface area contributed by atoms with Crippen LogP contribution in [-0.2, 0) is 0 Å².